The van der Waals surface area contributed by atoms with Gasteiger partial charge in [-0.1, -0.05) is 18.2 Å². The van der Waals surface area contributed by atoms with Gasteiger partial charge in [-0.25, -0.2) is 4.68 Å². The van der Waals surface area contributed by atoms with Crippen molar-refractivity contribution in [3.8, 4) is 5.69 Å². The van der Waals surface area contributed by atoms with E-state index in [1.165, 1.54) is 0 Å². The molecule has 0 saturated heterocycles. The highest BCUT2D eigenvalue weighted by molar-refractivity contribution is 5.85. The lowest BCUT2D eigenvalue weighted by molar-refractivity contribution is 0.812. The zero-order valence-corrected chi connectivity index (χ0v) is 10.6. The van der Waals surface area contributed by atoms with Crippen LogP contribution in [0, 0.1) is 6.92 Å². The Labute approximate surface area is 107 Å². The number of halogens is 2. The zero-order chi connectivity index (χ0) is 9.97. The van der Waals surface area contributed by atoms with E-state index in [-0.39, 0.29) is 24.8 Å². The van der Waals surface area contributed by atoms with E-state index >= 15 is 0 Å². The van der Waals surface area contributed by atoms with Crippen LogP contribution >= 0.6 is 24.8 Å². The molecule has 3 nitrogen and oxygen atoms in total. The third-order valence-electron chi connectivity index (χ3n) is 2.15. The van der Waals surface area contributed by atoms with Crippen molar-refractivity contribution >= 4 is 24.8 Å². The van der Waals surface area contributed by atoms with Crippen molar-refractivity contribution in [3.05, 3.63) is 47.8 Å². The van der Waals surface area contributed by atoms with Gasteiger partial charge < -0.3 is 5.73 Å². The van der Waals surface area contributed by atoms with Crippen LogP contribution in [0.25, 0.3) is 5.69 Å². The first-order valence-corrected chi connectivity index (χ1v) is 4.62. The molecule has 2 N–H and O–H groups in total. The van der Waals surface area contributed by atoms with Crippen LogP contribution in [-0.2, 0) is 6.54 Å². The lowest BCUT2D eigenvalue weighted by Gasteiger charge is -2.02. The molecule has 1 heterocycles. The van der Waals surface area contributed by atoms with E-state index in [1.54, 1.807) is 0 Å². The second-order valence-corrected chi connectivity index (χ2v) is 3.23. The van der Waals surface area contributed by atoms with E-state index in [4.69, 9.17) is 5.73 Å². The van der Waals surface area contributed by atoms with Crippen molar-refractivity contribution in [2.75, 3.05) is 0 Å². The standard InChI is InChI=1S/C11H13N3.2ClH/c1-9-7-10(8-12)13-14(9)11-5-3-2-4-6-11;;/h2-7H,8,12H2,1H3;2*1H. The van der Waals surface area contributed by atoms with Gasteiger partial charge in [0.05, 0.1) is 11.4 Å². The molecule has 0 aliphatic heterocycles. The molecule has 0 saturated carbocycles. The monoisotopic (exact) mass is 259 g/mol. The van der Waals surface area contributed by atoms with Crippen LogP contribution in [0.1, 0.15) is 11.4 Å². The van der Waals surface area contributed by atoms with Crippen molar-refractivity contribution in [1.29, 1.82) is 0 Å². The summed E-state index contributed by atoms with van der Waals surface area (Å²) in [6.07, 6.45) is 0. The third-order valence-corrected chi connectivity index (χ3v) is 2.15. The molecule has 88 valence electrons. The lowest BCUT2D eigenvalue weighted by atomic mass is 10.3. The predicted octanol–water partition coefficient (Wildman–Crippen LogP) is 2.48. The number of benzene rings is 1. The minimum Gasteiger partial charge on any atom is -0.325 e. The topological polar surface area (TPSA) is 43.8 Å². The first kappa shape index (κ1) is 15.0. The minimum atomic E-state index is 0. The van der Waals surface area contributed by atoms with Crippen molar-refractivity contribution in [2.45, 2.75) is 13.5 Å². The first-order chi connectivity index (χ1) is 6.81. The van der Waals surface area contributed by atoms with Gasteiger partial charge in [0.15, 0.2) is 0 Å². The van der Waals surface area contributed by atoms with E-state index < -0.39 is 0 Å². The number of aromatic nitrogens is 2. The Morgan fingerprint density at radius 2 is 1.81 bits per heavy atom. The molecule has 0 amide bonds. The Bertz CT molecular complexity index is 426. The smallest absolute Gasteiger partial charge is 0.0767 e. The number of hydrogen-bond acceptors (Lipinski definition) is 2. The van der Waals surface area contributed by atoms with E-state index in [9.17, 15) is 0 Å². The number of rotatable bonds is 2. The molecule has 1 aromatic heterocycles. The Morgan fingerprint density at radius 3 is 2.31 bits per heavy atom. The summed E-state index contributed by atoms with van der Waals surface area (Å²) in [6.45, 7) is 2.51. The van der Waals surface area contributed by atoms with Gasteiger partial charge >= 0.3 is 0 Å². The quantitative estimate of drug-likeness (QED) is 0.901. The highest BCUT2D eigenvalue weighted by Crippen LogP contribution is 2.10. The largest absolute Gasteiger partial charge is 0.325 e. The van der Waals surface area contributed by atoms with E-state index in [2.05, 4.69) is 5.10 Å². The maximum Gasteiger partial charge on any atom is 0.0767 e. The van der Waals surface area contributed by atoms with Gasteiger partial charge in [-0.2, -0.15) is 5.10 Å². The number of para-hydroxylation sites is 1. The molecule has 0 radical (unpaired) electrons. The van der Waals surface area contributed by atoms with Gasteiger partial charge in [0.2, 0.25) is 0 Å². The second kappa shape index (κ2) is 6.53. The van der Waals surface area contributed by atoms with Crippen molar-refractivity contribution in [1.82, 2.24) is 9.78 Å². The van der Waals surface area contributed by atoms with Crippen LogP contribution in [0.15, 0.2) is 36.4 Å². The van der Waals surface area contributed by atoms with Crippen molar-refractivity contribution < 1.29 is 0 Å². The zero-order valence-electron chi connectivity index (χ0n) is 8.96. The van der Waals surface area contributed by atoms with Gasteiger partial charge in [0.1, 0.15) is 0 Å². The fourth-order valence-corrected chi connectivity index (χ4v) is 1.47. The average molecular weight is 260 g/mol. The van der Waals surface area contributed by atoms with Crippen LogP contribution in [-0.4, -0.2) is 9.78 Å². The second-order valence-electron chi connectivity index (χ2n) is 3.23. The minimum absolute atomic E-state index is 0. The van der Waals surface area contributed by atoms with Gasteiger partial charge in [-0.05, 0) is 25.1 Å². The van der Waals surface area contributed by atoms with E-state index in [1.807, 2.05) is 48.0 Å². The molecule has 0 aliphatic carbocycles. The molecule has 1 aromatic carbocycles. The molecule has 0 fully saturated rings. The lowest BCUT2D eigenvalue weighted by Crippen LogP contribution is -2.01. The SMILES string of the molecule is Cc1cc(CN)nn1-c1ccccc1.Cl.Cl. The van der Waals surface area contributed by atoms with Crippen LogP contribution in [0.3, 0.4) is 0 Å². The van der Waals surface area contributed by atoms with Crippen LogP contribution < -0.4 is 5.73 Å². The van der Waals surface area contributed by atoms with Crippen LogP contribution in [0.5, 0.6) is 0 Å². The number of hydrogen-bond donors (Lipinski definition) is 1. The number of nitrogens with two attached hydrogens (primary N) is 1. The first-order valence-electron chi connectivity index (χ1n) is 4.62. The third kappa shape index (κ3) is 2.98. The summed E-state index contributed by atoms with van der Waals surface area (Å²) in [6, 6.07) is 12.1. The number of nitrogens with zero attached hydrogens (tertiary/aromatic N) is 2. The maximum atomic E-state index is 5.53. The summed E-state index contributed by atoms with van der Waals surface area (Å²) in [5.74, 6) is 0. The summed E-state index contributed by atoms with van der Waals surface area (Å²) in [5.41, 5.74) is 8.64. The highest BCUT2D eigenvalue weighted by Gasteiger charge is 2.03. The molecule has 5 heteroatoms. The van der Waals surface area contributed by atoms with Crippen molar-refractivity contribution in [2.24, 2.45) is 5.73 Å². The molecule has 0 atom stereocenters. The fraction of sp³-hybridized carbons (Fsp3) is 0.182. The molecule has 0 unspecified atom stereocenters. The Kier molecular flexibility index (Phi) is 6.11. The molecule has 0 spiro atoms. The highest BCUT2D eigenvalue weighted by atomic mass is 35.5. The summed E-state index contributed by atoms with van der Waals surface area (Å²) in [5, 5.41) is 4.39. The molecular formula is C11H15Cl2N3. The van der Waals surface area contributed by atoms with Gasteiger partial charge in [0.25, 0.3) is 0 Å². The van der Waals surface area contributed by atoms with Crippen LogP contribution in [0.2, 0.25) is 0 Å². The van der Waals surface area contributed by atoms with E-state index in [0.29, 0.717) is 6.54 Å². The Morgan fingerprint density at radius 1 is 1.19 bits per heavy atom. The fourth-order valence-electron chi connectivity index (χ4n) is 1.47. The molecule has 2 rings (SSSR count). The van der Waals surface area contributed by atoms with Crippen molar-refractivity contribution in [3.63, 3.8) is 0 Å². The van der Waals surface area contributed by atoms with Gasteiger partial charge in [0, 0.05) is 12.2 Å². The normalized spacial score (nSPS) is 9.12. The van der Waals surface area contributed by atoms with E-state index in [0.717, 1.165) is 17.1 Å². The Balaban J connectivity index is 0.00000112. The molecule has 16 heavy (non-hydrogen) atoms. The predicted molar refractivity (Wildman–Crippen MR) is 70.7 cm³/mol. The maximum absolute atomic E-state index is 5.53. The molecule has 0 aliphatic rings. The molecular weight excluding hydrogens is 245 g/mol. The summed E-state index contributed by atoms with van der Waals surface area (Å²) in [7, 11) is 0. The molecule has 2 aromatic rings. The average Bonchev–Trinajstić information content (AvgIpc) is 2.61. The summed E-state index contributed by atoms with van der Waals surface area (Å²) >= 11 is 0. The van der Waals surface area contributed by atoms with Gasteiger partial charge in [-0.3, -0.25) is 0 Å². The summed E-state index contributed by atoms with van der Waals surface area (Å²) in [4.78, 5) is 0. The summed E-state index contributed by atoms with van der Waals surface area (Å²) < 4.78 is 1.90. The number of aryl methyl sites for hydroxylation is 1. The van der Waals surface area contributed by atoms with Crippen LogP contribution in [0.4, 0.5) is 0 Å². The Hall–Kier alpha value is -1.03. The van der Waals surface area contributed by atoms with Gasteiger partial charge in [-0.15, -0.1) is 24.8 Å². The molecule has 0 bridgehead atoms.